The Morgan fingerprint density at radius 3 is 2.55 bits per heavy atom. The third kappa shape index (κ3) is 5.46. The number of aromatic amines is 2. The molecule has 0 atom stereocenters. The Morgan fingerprint density at radius 2 is 1.74 bits per heavy atom. The largest absolute Gasteiger partial charge is 0.336 e. The molecular weight excluding hydrogens is 564 g/mol. The Bertz CT molecular complexity index is 2060. The van der Waals surface area contributed by atoms with Gasteiger partial charge in [-0.3, -0.25) is 20.1 Å². The van der Waals surface area contributed by atoms with Crippen molar-refractivity contribution >= 4 is 32.0 Å². The van der Waals surface area contributed by atoms with Crippen LogP contribution in [0.5, 0.6) is 0 Å². The van der Waals surface area contributed by atoms with Gasteiger partial charge in [0.2, 0.25) is 10.0 Å². The fraction of sp³-hybridized carbons (Fsp3) is 0.179. The smallest absolute Gasteiger partial charge is 0.209 e. The molecule has 0 aliphatic carbocycles. The molecule has 14 heteroatoms. The molecule has 5 aromatic heterocycles. The number of hydrogen-bond acceptors (Lipinski definition) is 8. The van der Waals surface area contributed by atoms with Gasteiger partial charge >= 0.3 is 0 Å². The van der Waals surface area contributed by atoms with E-state index in [1.165, 1.54) is 24.5 Å². The summed E-state index contributed by atoms with van der Waals surface area (Å²) in [7, 11) is -3.47. The molecule has 0 fully saturated rings. The minimum Gasteiger partial charge on any atom is -0.336 e. The van der Waals surface area contributed by atoms with Gasteiger partial charge in [-0.2, -0.15) is 5.10 Å². The van der Waals surface area contributed by atoms with Crippen molar-refractivity contribution in [2.24, 2.45) is 0 Å². The van der Waals surface area contributed by atoms with E-state index < -0.39 is 21.7 Å². The van der Waals surface area contributed by atoms with E-state index in [-0.39, 0.29) is 29.1 Å². The van der Waals surface area contributed by atoms with Crippen LogP contribution >= 0.6 is 0 Å². The number of imidazole rings is 1. The molecule has 0 unspecified atom stereocenters. The van der Waals surface area contributed by atoms with Crippen LogP contribution in [-0.4, -0.2) is 56.3 Å². The number of nitrogens with zero attached hydrogens (tertiary/aromatic N) is 5. The van der Waals surface area contributed by atoms with E-state index in [2.05, 4.69) is 45.2 Å². The van der Waals surface area contributed by atoms with Gasteiger partial charge in [0, 0.05) is 42.8 Å². The van der Waals surface area contributed by atoms with Gasteiger partial charge in [0.15, 0.2) is 11.6 Å². The Balaban J connectivity index is 1.42. The van der Waals surface area contributed by atoms with E-state index in [9.17, 15) is 12.8 Å². The van der Waals surface area contributed by atoms with E-state index in [1.54, 1.807) is 24.5 Å². The van der Waals surface area contributed by atoms with Gasteiger partial charge in [-0.1, -0.05) is 6.92 Å². The van der Waals surface area contributed by atoms with E-state index in [0.29, 0.717) is 45.5 Å². The third-order valence-corrected chi connectivity index (χ3v) is 7.26. The zero-order chi connectivity index (χ0) is 29.4. The van der Waals surface area contributed by atoms with E-state index in [0.717, 1.165) is 18.4 Å². The summed E-state index contributed by atoms with van der Waals surface area (Å²) >= 11 is 0. The predicted octanol–water partition coefficient (Wildman–Crippen LogP) is 4.06. The number of H-pyrrole nitrogens is 2. The number of aromatic nitrogens is 7. The lowest BCUT2D eigenvalue weighted by Crippen LogP contribution is -2.21. The van der Waals surface area contributed by atoms with Crippen molar-refractivity contribution in [2.75, 3.05) is 12.8 Å². The Hall–Kier alpha value is -4.66. The van der Waals surface area contributed by atoms with Gasteiger partial charge in [-0.05, 0) is 48.0 Å². The molecule has 0 saturated carbocycles. The SMILES string of the molecule is CCNCc1cncc(-c2ncc3[nH]nc(-c4nc5c(-c6cc(F)cc(CNS(C)(=O)=O)c6)nccc5[nH]4)c3c2F)c1. The zero-order valence-electron chi connectivity index (χ0n) is 22.5. The number of benzene rings is 1. The van der Waals surface area contributed by atoms with Gasteiger partial charge in [-0.15, -0.1) is 0 Å². The highest BCUT2D eigenvalue weighted by Crippen LogP contribution is 2.34. The first-order valence-corrected chi connectivity index (χ1v) is 14.9. The van der Waals surface area contributed by atoms with Crippen LogP contribution in [-0.2, 0) is 23.1 Å². The quantitative estimate of drug-likeness (QED) is 0.197. The summed E-state index contributed by atoms with van der Waals surface area (Å²) in [6.07, 6.45) is 7.35. The normalized spacial score (nSPS) is 12.0. The molecule has 4 N–H and O–H groups in total. The van der Waals surface area contributed by atoms with E-state index in [4.69, 9.17) is 0 Å². The van der Waals surface area contributed by atoms with E-state index >= 15 is 4.39 Å². The first kappa shape index (κ1) is 27.5. The van der Waals surface area contributed by atoms with Crippen LogP contribution in [0.25, 0.3) is 56.0 Å². The fourth-order valence-electron chi connectivity index (χ4n) is 4.69. The summed E-state index contributed by atoms with van der Waals surface area (Å²) in [6, 6.07) is 7.70. The molecule has 0 amide bonds. The second kappa shape index (κ2) is 11.0. The summed E-state index contributed by atoms with van der Waals surface area (Å²) in [5.41, 5.74) is 4.33. The molecule has 5 heterocycles. The van der Waals surface area contributed by atoms with Crippen molar-refractivity contribution in [2.45, 2.75) is 20.0 Å². The van der Waals surface area contributed by atoms with Crippen molar-refractivity contribution in [3.63, 3.8) is 0 Å². The summed E-state index contributed by atoms with van der Waals surface area (Å²) in [5.74, 6) is -0.863. The number of pyridine rings is 3. The average Bonchev–Trinajstić information content (AvgIpc) is 3.59. The highest BCUT2D eigenvalue weighted by atomic mass is 32.2. The first-order valence-electron chi connectivity index (χ1n) is 13.0. The molecule has 214 valence electrons. The number of hydrogen-bond donors (Lipinski definition) is 4. The molecule has 0 saturated heterocycles. The summed E-state index contributed by atoms with van der Waals surface area (Å²) in [4.78, 5) is 20.8. The van der Waals surface area contributed by atoms with Gasteiger partial charge in [-0.25, -0.2) is 26.9 Å². The molecular formula is C28H25F2N9O2S. The zero-order valence-corrected chi connectivity index (χ0v) is 23.4. The van der Waals surface area contributed by atoms with Gasteiger partial charge < -0.3 is 10.3 Å². The van der Waals surface area contributed by atoms with Crippen LogP contribution in [0, 0.1) is 11.6 Å². The Kier molecular flexibility index (Phi) is 7.18. The van der Waals surface area contributed by atoms with Crippen LogP contribution in [0.1, 0.15) is 18.1 Å². The Labute approximate surface area is 238 Å². The summed E-state index contributed by atoms with van der Waals surface area (Å²) in [6.45, 7) is 3.29. The lowest BCUT2D eigenvalue weighted by Gasteiger charge is -2.07. The van der Waals surface area contributed by atoms with Crippen LogP contribution in [0.15, 0.2) is 55.1 Å². The van der Waals surface area contributed by atoms with Crippen LogP contribution in [0.2, 0.25) is 0 Å². The van der Waals surface area contributed by atoms with E-state index in [1.807, 2.05) is 13.0 Å². The maximum atomic E-state index is 16.1. The molecule has 11 nitrogen and oxygen atoms in total. The number of fused-ring (bicyclic) bond motifs is 2. The van der Waals surface area contributed by atoms with Crippen molar-refractivity contribution in [1.29, 1.82) is 0 Å². The lowest BCUT2D eigenvalue weighted by atomic mass is 10.1. The van der Waals surface area contributed by atoms with Gasteiger partial charge in [0.1, 0.15) is 22.7 Å². The number of sulfonamides is 1. The molecule has 0 aliphatic rings. The summed E-state index contributed by atoms with van der Waals surface area (Å²) in [5, 5.41) is 10.6. The van der Waals surface area contributed by atoms with Crippen molar-refractivity contribution in [3.8, 4) is 34.0 Å². The van der Waals surface area contributed by atoms with Crippen molar-refractivity contribution in [3.05, 3.63) is 77.9 Å². The van der Waals surface area contributed by atoms with Crippen LogP contribution in [0.3, 0.4) is 0 Å². The number of rotatable bonds is 9. The highest BCUT2D eigenvalue weighted by molar-refractivity contribution is 7.88. The maximum absolute atomic E-state index is 16.1. The Morgan fingerprint density at radius 1 is 0.905 bits per heavy atom. The van der Waals surface area contributed by atoms with Crippen LogP contribution in [0.4, 0.5) is 8.78 Å². The lowest BCUT2D eigenvalue weighted by molar-refractivity contribution is 0.586. The molecule has 0 aliphatic heterocycles. The predicted molar refractivity (Wildman–Crippen MR) is 154 cm³/mol. The minimum absolute atomic E-state index is 0.0895. The van der Waals surface area contributed by atoms with Crippen molar-refractivity contribution < 1.29 is 17.2 Å². The third-order valence-electron chi connectivity index (χ3n) is 6.59. The van der Waals surface area contributed by atoms with Gasteiger partial charge in [0.25, 0.3) is 0 Å². The monoisotopic (exact) mass is 589 g/mol. The number of halogens is 2. The molecule has 0 bridgehead atoms. The first-order chi connectivity index (χ1) is 20.2. The summed E-state index contributed by atoms with van der Waals surface area (Å²) < 4.78 is 56.0. The topological polar surface area (TPSA) is 154 Å². The fourth-order valence-corrected chi connectivity index (χ4v) is 5.12. The van der Waals surface area contributed by atoms with Gasteiger partial charge in [0.05, 0.1) is 34.6 Å². The standard InChI is InChI=1S/C28H25F2N9O2S/c1-3-31-10-16-7-18(13-32-11-16)24-23(30)22-21(14-34-24)38-39-27(22)28-36-20-4-5-33-25(26(20)37-28)17-6-15(8-19(29)9-17)12-35-42(2,40)41/h4-9,11,13-14,31,35H,3,10,12H2,1-2H3,(H,36,37)(H,38,39). The second-order valence-corrected chi connectivity index (χ2v) is 11.6. The molecule has 0 spiro atoms. The molecule has 42 heavy (non-hydrogen) atoms. The second-order valence-electron chi connectivity index (χ2n) is 9.73. The number of nitrogens with one attached hydrogen (secondary N) is 4. The molecule has 6 aromatic rings. The average molecular weight is 590 g/mol. The minimum atomic E-state index is -3.47. The van der Waals surface area contributed by atoms with Crippen molar-refractivity contribution in [1.82, 2.24) is 45.2 Å². The molecule has 6 rings (SSSR count). The molecule has 1 aromatic carbocycles. The maximum Gasteiger partial charge on any atom is 0.209 e. The highest BCUT2D eigenvalue weighted by Gasteiger charge is 2.22. The molecule has 0 radical (unpaired) electrons. The van der Waals surface area contributed by atoms with Crippen LogP contribution < -0.4 is 10.0 Å².